The van der Waals surface area contributed by atoms with Gasteiger partial charge < -0.3 is 4.29 Å². The molecule has 0 atom stereocenters. The van der Waals surface area contributed by atoms with Gasteiger partial charge in [0.1, 0.15) is 16.7 Å². The molecule has 0 aromatic carbocycles. The van der Waals surface area contributed by atoms with E-state index in [1.54, 1.807) is 0 Å². The van der Waals surface area contributed by atoms with Crippen LogP contribution in [0.2, 0.25) is 0 Å². The smallest absolute Gasteiger partial charge is 0.344 e. The van der Waals surface area contributed by atoms with E-state index in [2.05, 4.69) is 4.29 Å². The Labute approximate surface area is 109 Å². The molecule has 0 aliphatic carbocycles. The summed E-state index contributed by atoms with van der Waals surface area (Å²) in [5.74, 6) is -1.27. The van der Waals surface area contributed by atoms with Gasteiger partial charge in [-0.1, -0.05) is 46.4 Å². The topological polar surface area (TPSA) is 26.3 Å². The second-order valence-electron chi connectivity index (χ2n) is 1.86. The average Bonchev–Trinajstić information content (AvgIpc) is 2.02. The van der Waals surface area contributed by atoms with Crippen molar-refractivity contribution in [3.63, 3.8) is 0 Å². The Morgan fingerprint density at radius 2 is 1.54 bits per heavy atom. The highest BCUT2D eigenvalue weighted by Gasteiger charge is 2.58. The van der Waals surface area contributed by atoms with Crippen molar-refractivity contribution >= 4 is 87.4 Å². The van der Waals surface area contributed by atoms with Crippen LogP contribution in [0.4, 0.5) is 0 Å². The van der Waals surface area contributed by atoms with Crippen molar-refractivity contribution in [2.24, 2.45) is 0 Å². The molecule has 0 fully saturated rings. The molecule has 0 spiro atoms. The van der Waals surface area contributed by atoms with Gasteiger partial charge in [0, 0.05) is 0 Å². The largest absolute Gasteiger partial charge is 0.363 e. The predicted octanol–water partition coefficient (Wildman–Crippen LogP) is 3.83. The van der Waals surface area contributed by atoms with Gasteiger partial charge >= 0.3 is 5.97 Å². The molecule has 78 valence electrons. The molecule has 0 heterocycles. The monoisotopic (exact) mass is 326 g/mol. The maximum atomic E-state index is 10.9. The lowest BCUT2D eigenvalue weighted by Gasteiger charge is -2.30. The number of halogens is 7. The van der Waals surface area contributed by atoms with E-state index in [0.29, 0.717) is 0 Å². The van der Waals surface area contributed by atoms with Crippen molar-refractivity contribution in [3.8, 4) is 0 Å². The summed E-state index contributed by atoms with van der Waals surface area (Å²) in [6.45, 7) is 0. The van der Waals surface area contributed by atoms with Crippen LogP contribution < -0.4 is 0 Å². The fourth-order valence-electron chi connectivity index (χ4n) is 0.322. The lowest BCUT2D eigenvalue weighted by atomic mass is 10.3. The first-order chi connectivity index (χ1) is 5.67. The van der Waals surface area contributed by atoms with Gasteiger partial charge in [0.05, 0.1) is 0 Å². The van der Waals surface area contributed by atoms with Crippen LogP contribution in [0.5, 0.6) is 0 Å². The first-order valence-corrected chi connectivity index (χ1v) is 5.24. The second kappa shape index (κ2) is 5.02. The molecule has 9 heteroatoms. The summed E-state index contributed by atoms with van der Waals surface area (Å²) in [6.07, 6.45) is 0. The Morgan fingerprint density at radius 1 is 1.15 bits per heavy atom. The molecule has 0 N–H and O–H groups in total. The molecule has 0 unspecified atom stereocenters. The van der Waals surface area contributed by atoms with Crippen molar-refractivity contribution in [2.75, 3.05) is 0 Å². The van der Waals surface area contributed by atoms with Crippen molar-refractivity contribution in [2.45, 2.75) is 13.5 Å². The van der Waals surface area contributed by atoms with Crippen LogP contribution in [0.1, 0.15) is 0 Å². The minimum Gasteiger partial charge on any atom is -0.344 e. The van der Waals surface area contributed by atoms with Gasteiger partial charge in [0.15, 0.2) is 4.33 Å². The zero-order chi connectivity index (χ0) is 10.9. The quantitative estimate of drug-likeness (QED) is 0.736. The summed E-state index contributed by atoms with van der Waals surface area (Å²) in [5.41, 5.74) is 0. The maximum Gasteiger partial charge on any atom is 0.363 e. The van der Waals surface area contributed by atoms with Gasteiger partial charge in [0.25, 0.3) is 4.33 Å². The van der Waals surface area contributed by atoms with Crippen molar-refractivity contribution in [1.29, 1.82) is 0 Å². The summed E-state index contributed by atoms with van der Waals surface area (Å²) in [5, 5.41) is 0. The molecule has 0 rings (SSSR count). The summed E-state index contributed by atoms with van der Waals surface area (Å²) in [7, 11) is 0. The van der Waals surface area contributed by atoms with Crippen LogP contribution in [0.25, 0.3) is 0 Å². The minimum atomic E-state index is -2.36. The van der Waals surface area contributed by atoms with E-state index in [-0.39, 0.29) is 0 Å². The van der Waals surface area contributed by atoms with Gasteiger partial charge in [-0.2, -0.15) is 0 Å². The molecule has 0 aromatic heterocycles. The molecule has 0 bridgehead atoms. The van der Waals surface area contributed by atoms with Crippen molar-refractivity contribution in [3.05, 3.63) is 0 Å². The lowest BCUT2D eigenvalue weighted by molar-refractivity contribution is -0.134. The van der Waals surface area contributed by atoms with Gasteiger partial charge in [-0.25, -0.2) is 4.79 Å². The van der Waals surface area contributed by atoms with Crippen LogP contribution in [-0.2, 0) is 9.08 Å². The molecule has 0 saturated heterocycles. The second-order valence-corrected chi connectivity index (χ2v) is 5.83. The van der Waals surface area contributed by atoms with Gasteiger partial charge in [-0.3, -0.25) is 0 Å². The highest BCUT2D eigenvalue weighted by atomic mass is 35.5. The number of rotatable bonds is 3. The zero-order valence-electron chi connectivity index (χ0n) is 5.54. The average molecular weight is 329 g/mol. The van der Waals surface area contributed by atoms with Gasteiger partial charge in [-0.15, -0.1) is 23.2 Å². The first kappa shape index (κ1) is 14.5. The molecular weight excluding hydrogens is 328 g/mol. The Bertz CT molecular complexity index is 201. The number of alkyl halides is 6. The summed E-state index contributed by atoms with van der Waals surface area (Å²) < 4.78 is -0.754. The van der Waals surface area contributed by atoms with Crippen LogP contribution in [-0.4, -0.2) is 19.5 Å². The molecule has 2 nitrogen and oxygen atoms in total. The Balaban J connectivity index is 4.91. The molecule has 0 saturated carbocycles. The highest BCUT2D eigenvalue weighted by molar-refractivity contribution is 6.72. The molecule has 0 aliphatic rings. The number of hydrogen-bond donors (Lipinski definition) is 0. The van der Waals surface area contributed by atoms with E-state index in [9.17, 15) is 4.79 Å². The van der Waals surface area contributed by atoms with Crippen LogP contribution in [0, 0.1) is 0 Å². The van der Waals surface area contributed by atoms with E-state index in [0.717, 1.165) is 0 Å². The summed E-state index contributed by atoms with van der Waals surface area (Å²) in [4.78, 5) is 9.48. The SMILES string of the molecule is O=C(OCl)C(Cl)(Cl)C(Cl)(Cl)C(Cl)Cl. The van der Waals surface area contributed by atoms with Crippen molar-refractivity contribution in [1.82, 2.24) is 0 Å². The molecular formula is C4HCl7O2. The zero-order valence-corrected chi connectivity index (χ0v) is 10.8. The third kappa shape index (κ3) is 2.97. The molecule has 0 aliphatic heterocycles. The standard InChI is InChI=1S/C4HCl7O2/c5-1(6)3(7,8)4(9,10)2(12)13-11/h1H. The third-order valence-electron chi connectivity index (χ3n) is 1.02. The van der Waals surface area contributed by atoms with E-state index in [1.165, 1.54) is 0 Å². The van der Waals surface area contributed by atoms with Crippen molar-refractivity contribution < 1.29 is 9.08 Å². The molecule has 0 aromatic rings. The predicted molar refractivity (Wildman–Crippen MR) is 56.3 cm³/mol. The maximum absolute atomic E-state index is 10.9. The lowest BCUT2D eigenvalue weighted by Crippen LogP contribution is -2.47. The van der Waals surface area contributed by atoms with E-state index in [4.69, 9.17) is 81.5 Å². The molecule has 13 heavy (non-hydrogen) atoms. The highest BCUT2D eigenvalue weighted by Crippen LogP contribution is 2.48. The van der Waals surface area contributed by atoms with E-state index >= 15 is 0 Å². The normalized spacial score (nSPS) is 13.2. The van der Waals surface area contributed by atoms with E-state index in [1.807, 2.05) is 0 Å². The number of hydrogen-bond acceptors (Lipinski definition) is 2. The summed E-state index contributed by atoms with van der Waals surface area (Å²) >= 11 is 37.3. The Kier molecular flexibility index (Phi) is 5.60. The minimum absolute atomic E-state index is 1.27. The van der Waals surface area contributed by atoms with Gasteiger partial charge in [0.2, 0.25) is 0 Å². The Morgan fingerprint density at radius 3 is 1.77 bits per heavy atom. The summed E-state index contributed by atoms with van der Waals surface area (Å²) in [6, 6.07) is 0. The number of carbonyl (C=O) groups is 1. The van der Waals surface area contributed by atoms with E-state index < -0.39 is 19.5 Å². The molecule has 0 radical (unpaired) electrons. The first-order valence-electron chi connectivity index (χ1n) is 2.54. The van der Waals surface area contributed by atoms with Crippen LogP contribution in [0.15, 0.2) is 0 Å². The van der Waals surface area contributed by atoms with Crippen LogP contribution >= 0.6 is 81.5 Å². The number of carbonyl (C=O) groups excluding carboxylic acids is 1. The Hall–Kier alpha value is 1.50. The third-order valence-corrected chi connectivity index (χ3v) is 4.56. The fourth-order valence-corrected chi connectivity index (χ4v) is 1.52. The fraction of sp³-hybridized carbons (Fsp3) is 0.750. The molecule has 0 amide bonds. The van der Waals surface area contributed by atoms with Crippen LogP contribution in [0.3, 0.4) is 0 Å². The van der Waals surface area contributed by atoms with Gasteiger partial charge in [-0.05, 0) is 0 Å².